The molecule has 2 N–H and O–H groups in total. The first-order chi connectivity index (χ1) is 8.19. The number of nitrogen functional groups attached to an aromatic ring is 1. The van der Waals surface area contributed by atoms with Gasteiger partial charge in [-0.15, -0.1) is 0 Å². The van der Waals surface area contributed by atoms with Gasteiger partial charge in [0.15, 0.2) is 0 Å². The summed E-state index contributed by atoms with van der Waals surface area (Å²) in [5, 5.41) is 0.995. The molecule has 0 saturated carbocycles. The summed E-state index contributed by atoms with van der Waals surface area (Å²) in [6.45, 7) is 2.08. The summed E-state index contributed by atoms with van der Waals surface area (Å²) >= 11 is 7.13. The highest BCUT2D eigenvalue weighted by Crippen LogP contribution is 2.28. The molecule has 1 aromatic carbocycles. The standard InChI is InChI=1S/C11H12ClN3OS/c1-2-3-10-14-11(17-15-10)16-7-4-5-9(13)8(12)6-7/h4-6H,2-3,13H2,1H3. The third kappa shape index (κ3) is 3.08. The lowest BCUT2D eigenvalue weighted by atomic mass is 10.3. The van der Waals surface area contributed by atoms with Crippen molar-refractivity contribution < 1.29 is 4.74 Å². The van der Waals surface area contributed by atoms with Crippen LogP contribution in [0.15, 0.2) is 18.2 Å². The van der Waals surface area contributed by atoms with Crippen molar-refractivity contribution in [2.75, 3.05) is 5.73 Å². The van der Waals surface area contributed by atoms with E-state index in [0.29, 0.717) is 21.7 Å². The van der Waals surface area contributed by atoms with E-state index in [1.54, 1.807) is 18.2 Å². The van der Waals surface area contributed by atoms with Crippen molar-refractivity contribution in [1.29, 1.82) is 0 Å². The third-order valence-electron chi connectivity index (χ3n) is 2.10. The first-order valence-corrected chi connectivity index (χ1v) is 6.39. The molecule has 0 saturated heterocycles. The fourth-order valence-electron chi connectivity index (χ4n) is 1.28. The molecule has 1 heterocycles. The molecule has 0 fully saturated rings. The molecule has 2 rings (SSSR count). The lowest BCUT2D eigenvalue weighted by Gasteiger charge is -2.02. The van der Waals surface area contributed by atoms with E-state index in [9.17, 15) is 0 Å². The first-order valence-electron chi connectivity index (χ1n) is 5.24. The normalized spacial score (nSPS) is 10.5. The second-order valence-corrected chi connectivity index (χ2v) is 4.63. The Morgan fingerprint density at radius 3 is 3.00 bits per heavy atom. The average Bonchev–Trinajstić information content (AvgIpc) is 2.72. The fraction of sp³-hybridized carbons (Fsp3) is 0.273. The van der Waals surface area contributed by atoms with Gasteiger partial charge in [0.1, 0.15) is 11.6 Å². The second-order valence-electron chi connectivity index (χ2n) is 3.51. The SMILES string of the molecule is CCCc1nsc(Oc2ccc(N)c(Cl)c2)n1. The molecular formula is C11H12ClN3OS. The van der Waals surface area contributed by atoms with Crippen LogP contribution >= 0.6 is 23.1 Å². The Bertz CT molecular complexity index is 515. The van der Waals surface area contributed by atoms with Gasteiger partial charge in [-0.1, -0.05) is 18.5 Å². The van der Waals surface area contributed by atoms with Crippen molar-refractivity contribution in [3.8, 4) is 10.9 Å². The Hall–Kier alpha value is -1.33. The Kier molecular flexibility index (Phi) is 3.81. The number of benzene rings is 1. The van der Waals surface area contributed by atoms with Crippen LogP contribution in [0.25, 0.3) is 0 Å². The Morgan fingerprint density at radius 1 is 1.47 bits per heavy atom. The Labute approximate surface area is 109 Å². The summed E-state index contributed by atoms with van der Waals surface area (Å²) < 4.78 is 9.74. The molecule has 0 unspecified atom stereocenters. The highest BCUT2D eigenvalue weighted by atomic mass is 35.5. The van der Waals surface area contributed by atoms with Gasteiger partial charge >= 0.3 is 0 Å². The van der Waals surface area contributed by atoms with Crippen LogP contribution in [0.2, 0.25) is 5.02 Å². The van der Waals surface area contributed by atoms with Gasteiger partial charge < -0.3 is 10.5 Å². The molecule has 0 atom stereocenters. The van der Waals surface area contributed by atoms with E-state index < -0.39 is 0 Å². The van der Waals surface area contributed by atoms with E-state index >= 15 is 0 Å². The van der Waals surface area contributed by atoms with Gasteiger partial charge in [-0.05, 0) is 18.6 Å². The second kappa shape index (κ2) is 5.33. The Balaban J connectivity index is 2.11. The van der Waals surface area contributed by atoms with Crippen LogP contribution in [-0.2, 0) is 6.42 Å². The van der Waals surface area contributed by atoms with E-state index in [0.717, 1.165) is 18.7 Å². The summed E-state index contributed by atoms with van der Waals surface area (Å²) in [6, 6.07) is 5.12. The fourth-order valence-corrected chi connectivity index (χ4v) is 2.04. The lowest BCUT2D eigenvalue weighted by molar-refractivity contribution is 0.477. The van der Waals surface area contributed by atoms with Gasteiger partial charge in [0.2, 0.25) is 0 Å². The zero-order valence-electron chi connectivity index (χ0n) is 9.31. The van der Waals surface area contributed by atoms with Crippen molar-refractivity contribution in [3.05, 3.63) is 29.0 Å². The number of anilines is 1. The number of aromatic nitrogens is 2. The molecule has 0 aliphatic carbocycles. The molecule has 0 spiro atoms. The van der Waals surface area contributed by atoms with Crippen LogP contribution in [0.4, 0.5) is 5.69 Å². The van der Waals surface area contributed by atoms with E-state index in [1.165, 1.54) is 11.5 Å². The first kappa shape index (κ1) is 12.1. The molecule has 0 bridgehead atoms. The largest absolute Gasteiger partial charge is 0.430 e. The van der Waals surface area contributed by atoms with Crippen molar-refractivity contribution in [1.82, 2.24) is 9.36 Å². The molecule has 0 amide bonds. The minimum Gasteiger partial charge on any atom is -0.430 e. The number of ether oxygens (including phenoxy) is 1. The van der Waals surface area contributed by atoms with Gasteiger partial charge in [-0.3, -0.25) is 0 Å². The van der Waals surface area contributed by atoms with Crippen LogP contribution in [0.1, 0.15) is 19.2 Å². The summed E-state index contributed by atoms with van der Waals surface area (Å²) in [4.78, 5) is 4.26. The maximum Gasteiger partial charge on any atom is 0.298 e. The number of hydrogen-bond acceptors (Lipinski definition) is 5. The average molecular weight is 270 g/mol. The minimum atomic E-state index is 0.473. The van der Waals surface area contributed by atoms with Crippen molar-refractivity contribution in [2.45, 2.75) is 19.8 Å². The van der Waals surface area contributed by atoms with Crippen LogP contribution < -0.4 is 10.5 Å². The molecule has 1 aromatic heterocycles. The molecular weight excluding hydrogens is 258 g/mol. The number of nitrogens with two attached hydrogens (primary N) is 1. The summed E-state index contributed by atoms with van der Waals surface area (Å²) in [7, 11) is 0. The third-order valence-corrected chi connectivity index (χ3v) is 3.06. The van der Waals surface area contributed by atoms with Gasteiger partial charge in [0, 0.05) is 24.0 Å². The smallest absolute Gasteiger partial charge is 0.298 e. The number of nitrogens with zero attached hydrogens (tertiary/aromatic N) is 2. The maximum atomic E-state index is 5.90. The van der Waals surface area contributed by atoms with E-state index in [4.69, 9.17) is 22.1 Å². The van der Waals surface area contributed by atoms with Gasteiger partial charge in [0.05, 0.1) is 10.7 Å². The lowest BCUT2D eigenvalue weighted by Crippen LogP contribution is -1.89. The molecule has 17 heavy (non-hydrogen) atoms. The van der Waals surface area contributed by atoms with Crippen LogP contribution in [0, 0.1) is 0 Å². The van der Waals surface area contributed by atoms with E-state index in [2.05, 4.69) is 16.3 Å². The molecule has 4 nitrogen and oxygen atoms in total. The number of halogens is 1. The van der Waals surface area contributed by atoms with Crippen molar-refractivity contribution >= 4 is 28.8 Å². The van der Waals surface area contributed by atoms with Crippen LogP contribution in [0.3, 0.4) is 0 Å². The minimum absolute atomic E-state index is 0.473. The molecule has 90 valence electrons. The summed E-state index contributed by atoms with van der Waals surface area (Å²) in [5.41, 5.74) is 6.14. The summed E-state index contributed by atoms with van der Waals surface area (Å²) in [6.07, 6.45) is 1.88. The monoisotopic (exact) mass is 269 g/mol. The van der Waals surface area contributed by atoms with Crippen LogP contribution in [-0.4, -0.2) is 9.36 Å². The zero-order valence-corrected chi connectivity index (χ0v) is 10.9. The van der Waals surface area contributed by atoms with Crippen molar-refractivity contribution in [3.63, 3.8) is 0 Å². The zero-order chi connectivity index (χ0) is 12.3. The van der Waals surface area contributed by atoms with Gasteiger partial charge in [-0.25, -0.2) is 0 Å². The van der Waals surface area contributed by atoms with Gasteiger partial charge in [-0.2, -0.15) is 9.36 Å². The molecule has 2 aromatic rings. The molecule has 6 heteroatoms. The van der Waals surface area contributed by atoms with Crippen molar-refractivity contribution in [2.24, 2.45) is 0 Å². The highest BCUT2D eigenvalue weighted by molar-refractivity contribution is 7.07. The number of rotatable bonds is 4. The number of aryl methyl sites for hydroxylation is 1. The van der Waals surface area contributed by atoms with E-state index in [-0.39, 0.29) is 0 Å². The van der Waals surface area contributed by atoms with E-state index in [1.807, 2.05) is 0 Å². The topological polar surface area (TPSA) is 61.0 Å². The predicted molar refractivity (Wildman–Crippen MR) is 69.8 cm³/mol. The predicted octanol–water partition coefficient (Wildman–Crippen LogP) is 3.52. The quantitative estimate of drug-likeness (QED) is 0.863. The number of hydrogen-bond donors (Lipinski definition) is 1. The molecule has 0 aliphatic heterocycles. The molecule has 0 aliphatic rings. The summed E-state index contributed by atoms with van der Waals surface area (Å²) in [5.74, 6) is 1.43. The molecule has 0 radical (unpaired) electrons. The maximum absolute atomic E-state index is 5.90. The van der Waals surface area contributed by atoms with Gasteiger partial charge in [0.25, 0.3) is 5.19 Å². The van der Waals surface area contributed by atoms with Crippen LogP contribution in [0.5, 0.6) is 10.9 Å². The highest BCUT2D eigenvalue weighted by Gasteiger charge is 2.06. The Morgan fingerprint density at radius 2 is 2.29 bits per heavy atom.